The summed E-state index contributed by atoms with van der Waals surface area (Å²) in [5, 5.41) is 14.4. The molecule has 0 saturated heterocycles. The van der Waals surface area contributed by atoms with Crippen molar-refractivity contribution in [3.63, 3.8) is 0 Å². The summed E-state index contributed by atoms with van der Waals surface area (Å²) >= 11 is 0. The first-order valence-corrected chi connectivity index (χ1v) is 7.42. The zero-order chi connectivity index (χ0) is 17.0. The van der Waals surface area contributed by atoms with Crippen LogP contribution in [-0.4, -0.2) is 33.6 Å². The summed E-state index contributed by atoms with van der Waals surface area (Å²) in [7, 11) is 0. The van der Waals surface area contributed by atoms with Gasteiger partial charge in [-0.3, -0.25) is 4.79 Å². The molecule has 2 aliphatic rings. The van der Waals surface area contributed by atoms with E-state index in [1.54, 1.807) is 6.92 Å². The van der Waals surface area contributed by atoms with Gasteiger partial charge in [0.15, 0.2) is 5.76 Å². The number of hydrogen-bond donors (Lipinski definition) is 1. The minimum atomic E-state index is -5.02. The molecule has 8 heteroatoms. The first-order chi connectivity index (χ1) is 10.6. The normalized spacial score (nSPS) is 31.0. The van der Waals surface area contributed by atoms with Crippen LogP contribution in [0.1, 0.15) is 42.5 Å². The largest absolute Gasteiger partial charge is 0.456 e. The number of carbonyl (C=O) groups is 1. The summed E-state index contributed by atoms with van der Waals surface area (Å²) in [5.41, 5.74) is -3.10. The van der Waals surface area contributed by atoms with Crippen LogP contribution < -0.4 is 0 Å². The van der Waals surface area contributed by atoms with Crippen molar-refractivity contribution in [3.05, 3.63) is 23.7 Å². The minimum absolute atomic E-state index is 0.0220. The molecule has 1 fully saturated rings. The van der Waals surface area contributed by atoms with E-state index in [4.69, 9.17) is 4.42 Å². The molecule has 1 saturated carbocycles. The molecule has 126 valence electrons. The second-order valence-electron chi connectivity index (χ2n) is 6.27. The SMILES string of the molecule is Cc1ccc(C(=O)N2N=C3CC[C@H](C)C[C@@H]3[C@]2(O)C(F)(F)F)o1. The smallest absolute Gasteiger partial charge is 0.439 e. The number of halogens is 3. The molecule has 0 unspecified atom stereocenters. The van der Waals surface area contributed by atoms with Crippen LogP contribution in [0.3, 0.4) is 0 Å². The predicted molar refractivity (Wildman–Crippen MR) is 74.6 cm³/mol. The van der Waals surface area contributed by atoms with E-state index in [-0.39, 0.29) is 28.8 Å². The van der Waals surface area contributed by atoms with Crippen LogP contribution in [0, 0.1) is 18.8 Å². The van der Waals surface area contributed by atoms with Gasteiger partial charge in [-0.2, -0.15) is 23.3 Å². The highest BCUT2D eigenvalue weighted by Gasteiger charge is 2.69. The van der Waals surface area contributed by atoms with Gasteiger partial charge in [-0.25, -0.2) is 0 Å². The Bertz CT molecular complexity index is 667. The summed E-state index contributed by atoms with van der Waals surface area (Å²) in [6, 6.07) is 2.75. The van der Waals surface area contributed by atoms with Gasteiger partial charge in [-0.1, -0.05) is 6.92 Å². The van der Waals surface area contributed by atoms with Crippen molar-refractivity contribution in [2.45, 2.75) is 45.0 Å². The standard InChI is InChI=1S/C15H17F3N2O3/c1-8-3-5-11-10(7-8)14(22,15(16,17)18)20(19-11)13(21)12-6-4-9(2)23-12/h4,6,8,10,22H,3,5,7H2,1-2H3/t8-,10-,14-/m0/s1. The predicted octanol–water partition coefficient (Wildman–Crippen LogP) is 3.09. The lowest BCUT2D eigenvalue weighted by Gasteiger charge is -2.39. The molecule has 1 N–H and O–H groups in total. The third-order valence-electron chi connectivity index (χ3n) is 4.53. The van der Waals surface area contributed by atoms with E-state index in [1.807, 2.05) is 6.92 Å². The highest BCUT2D eigenvalue weighted by atomic mass is 19.4. The number of amides is 1. The lowest BCUT2D eigenvalue weighted by molar-refractivity contribution is -0.313. The van der Waals surface area contributed by atoms with E-state index in [2.05, 4.69) is 5.10 Å². The Morgan fingerprint density at radius 2 is 2.17 bits per heavy atom. The molecule has 3 atom stereocenters. The molecule has 3 rings (SSSR count). The zero-order valence-corrected chi connectivity index (χ0v) is 12.7. The van der Waals surface area contributed by atoms with E-state index >= 15 is 0 Å². The Hall–Kier alpha value is -1.83. The Labute approximate surface area is 130 Å². The first kappa shape index (κ1) is 16.0. The van der Waals surface area contributed by atoms with Gasteiger partial charge in [-0.15, -0.1) is 0 Å². The van der Waals surface area contributed by atoms with Crippen molar-refractivity contribution in [1.82, 2.24) is 5.01 Å². The maximum atomic E-state index is 13.6. The molecule has 0 spiro atoms. The van der Waals surface area contributed by atoms with Crippen molar-refractivity contribution in [3.8, 4) is 0 Å². The van der Waals surface area contributed by atoms with Crippen LogP contribution in [0.2, 0.25) is 0 Å². The van der Waals surface area contributed by atoms with Crippen molar-refractivity contribution >= 4 is 11.6 Å². The third-order valence-corrected chi connectivity index (χ3v) is 4.53. The zero-order valence-electron chi connectivity index (χ0n) is 12.7. The lowest BCUT2D eigenvalue weighted by Crippen LogP contribution is -2.61. The maximum Gasteiger partial charge on any atom is 0.439 e. The molecule has 0 bridgehead atoms. The van der Waals surface area contributed by atoms with Gasteiger partial charge in [0.2, 0.25) is 0 Å². The van der Waals surface area contributed by atoms with Crippen LogP contribution in [-0.2, 0) is 0 Å². The fourth-order valence-electron chi connectivity index (χ4n) is 3.27. The Balaban J connectivity index is 2.03. The van der Waals surface area contributed by atoms with Crippen molar-refractivity contribution in [2.24, 2.45) is 16.9 Å². The summed E-state index contributed by atoms with van der Waals surface area (Å²) < 4.78 is 46.0. The Morgan fingerprint density at radius 1 is 1.48 bits per heavy atom. The number of hydrogen-bond acceptors (Lipinski definition) is 4. The van der Waals surface area contributed by atoms with Crippen molar-refractivity contribution in [1.29, 1.82) is 0 Å². The van der Waals surface area contributed by atoms with Crippen molar-refractivity contribution < 1.29 is 27.5 Å². The minimum Gasteiger partial charge on any atom is -0.456 e. The topological polar surface area (TPSA) is 66.0 Å². The number of nitrogens with zero attached hydrogens (tertiary/aromatic N) is 2. The average molecular weight is 330 g/mol. The summed E-state index contributed by atoms with van der Waals surface area (Å²) in [4.78, 5) is 12.4. The first-order valence-electron chi connectivity index (χ1n) is 7.42. The van der Waals surface area contributed by atoms with Crippen LogP contribution in [0.15, 0.2) is 21.7 Å². The van der Waals surface area contributed by atoms with Gasteiger partial charge in [-0.05, 0) is 44.2 Å². The molecule has 0 aromatic carbocycles. The number of rotatable bonds is 1. The number of carbonyl (C=O) groups excluding carboxylic acids is 1. The fraction of sp³-hybridized carbons (Fsp3) is 0.600. The Kier molecular flexibility index (Phi) is 3.55. The molecule has 1 aliphatic carbocycles. The molecule has 1 amide bonds. The van der Waals surface area contributed by atoms with Gasteiger partial charge >= 0.3 is 12.1 Å². The molecule has 1 aromatic heterocycles. The van der Waals surface area contributed by atoms with E-state index in [0.29, 0.717) is 18.6 Å². The second kappa shape index (κ2) is 5.09. The number of alkyl halides is 3. The molecule has 0 radical (unpaired) electrons. The van der Waals surface area contributed by atoms with Gasteiger partial charge in [0.1, 0.15) is 5.76 Å². The monoisotopic (exact) mass is 330 g/mol. The number of aryl methyl sites for hydroxylation is 1. The van der Waals surface area contributed by atoms with Gasteiger partial charge in [0, 0.05) is 5.71 Å². The second-order valence-corrected chi connectivity index (χ2v) is 6.27. The van der Waals surface area contributed by atoms with Gasteiger partial charge in [0.05, 0.1) is 5.92 Å². The molecule has 1 aromatic rings. The number of furan rings is 1. The summed E-state index contributed by atoms with van der Waals surface area (Å²) in [5.74, 6) is -2.18. The highest BCUT2D eigenvalue weighted by Crippen LogP contribution is 2.49. The van der Waals surface area contributed by atoms with Crippen molar-refractivity contribution in [2.75, 3.05) is 0 Å². The fourth-order valence-corrected chi connectivity index (χ4v) is 3.27. The van der Waals surface area contributed by atoms with Crippen LogP contribution in [0.25, 0.3) is 0 Å². The highest BCUT2D eigenvalue weighted by molar-refractivity contribution is 5.98. The van der Waals surface area contributed by atoms with E-state index in [9.17, 15) is 23.1 Å². The van der Waals surface area contributed by atoms with E-state index < -0.39 is 23.7 Å². The molecule has 5 nitrogen and oxygen atoms in total. The van der Waals surface area contributed by atoms with Crippen LogP contribution >= 0.6 is 0 Å². The number of aliphatic hydroxyl groups is 1. The van der Waals surface area contributed by atoms with E-state index in [1.165, 1.54) is 12.1 Å². The summed E-state index contributed by atoms with van der Waals surface area (Å²) in [6.45, 7) is 3.40. The van der Waals surface area contributed by atoms with Crippen LogP contribution in [0.5, 0.6) is 0 Å². The van der Waals surface area contributed by atoms with Gasteiger partial charge in [0.25, 0.3) is 5.72 Å². The van der Waals surface area contributed by atoms with E-state index in [0.717, 1.165) is 0 Å². The number of fused-ring (bicyclic) bond motifs is 1. The molecular formula is C15H17F3N2O3. The summed E-state index contributed by atoms with van der Waals surface area (Å²) in [6.07, 6.45) is -3.86. The van der Waals surface area contributed by atoms with Gasteiger partial charge < -0.3 is 9.52 Å². The quantitative estimate of drug-likeness (QED) is 0.860. The number of hydrazone groups is 1. The molecule has 1 aliphatic heterocycles. The van der Waals surface area contributed by atoms with Crippen LogP contribution in [0.4, 0.5) is 13.2 Å². The molecule has 2 heterocycles. The third kappa shape index (κ3) is 2.36. The Morgan fingerprint density at radius 3 is 2.74 bits per heavy atom. The lowest BCUT2D eigenvalue weighted by atomic mass is 9.76. The average Bonchev–Trinajstić information content (AvgIpc) is 3.01. The maximum absolute atomic E-state index is 13.6. The molecule has 23 heavy (non-hydrogen) atoms. The molecular weight excluding hydrogens is 313 g/mol.